The topological polar surface area (TPSA) is 57.2 Å². The van der Waals surface area contributed by atoms with Crippen LogP contribution in [0.2, 0.25) is 22.9 Å². The zero-order valence-corrected chi connectivity index (χ0v) is 25.1. The van der Waals surface area contributed by atoms with Crippen LogP contribution in [0, 0.1) is 0 Å². The first-order valence-corrected chi connectivity index (χ1v) is 17.3. The van der Waals surface area contributed by atoms with E-state index < -0.39 is 14.4 Å². The van der Waals surface area contributed by atoms with Crippen molar-refractivity contribution in [2.75, 3.05) is 20.0 Å². The molecule has 0 saturated carbocycles. The summed E-state index contributed by atoms with van der Waals surface area (Å²) in [6.45, 7) is 18.2. The van der Waals surface area contributed by atoms with Crippen LogP contribution < -0.4 is 13.9 Å². The molecule has 0 saturated heterocycles. The molecular weight excluding hydrogens is 535 g/mol. The molecular formula is C29H40O5SeSi. The summed E-state index contributed by atoms with van der Waals surface area (Å²) in [7, 11) is -2.00. The van der Waals surface area contributed by atoms with E-state index >= 15 is 0 Å². The van der Waals surface area contributed by atoms with Crippen LogP contribution in [0.25, 0.3) is 0 Å². The summed E-state index contributed by atoms with van der Waals surface area (Å²) in [5, 5.41) is 10.8. The normalized spacial score (nSPS) is 15.8. The van der Waals surface area contributed by atoms with Crippen LogP contribution in [0.4, 0.5) is 0 Å². The van der Waals surface area contributed by atoms with E-state index in [1.54, 1.807) is 6.08 Å². The monoisotopic (exact) mass is 576 g/mol. The quantitative estimate of drug-likeness (QED) is 0.245. The third kappa shape index (κ3) is 7.14. The zero-order valence-electron chi connectivity index (χ0n) is 22.4. The minimum absolute atomic E-state index is 0.0337. The Balaban J connectivity index is 2.01. The predicted molar refractivity (Wildman–Crippen MR) is 149 cm³/mol. The van der Waals surface area contributed by atoms with E-state index in [9.17, 15) is 5.11 Å². The molecule has 196 valence electrons. The van der Waals surface area contributed by atoms with Crippen molar-refractivity contribution in [3.05, 3.63) is 72.0 Å². The molecule has 0 aliphatic carbocycles. The molecule has 1 heterocycles. The number of rotatable bonds is 12. The minimum atomic E-state index is -2.00. The third-order valence-electron chi connectivity index (χ3n) is 6.92. The Morgan fingerprint density at radius 1 is 1.17 bits per heavy atom. The first-order chi connectivity index (χ1) is 17.1. The number of benzene rings is 2. The maximum atomic E-state index is 10.7. The Hall–Kier alpha value is -1.82. The molecule has 1 N–H and O–H groups in total. The van der Waals surface area contributed by atoms with Gasteiger partial charge in [0.1, 0.15) is 0 Å². The van der Waals surface area contributed by atoms with Gasteiger partial charge in [0.05, 0.1) is 0 Å². The van der Waals surface area contributed by atoms with Crippen molar-refractivity contribution in [2.24, 2.45) is 0 Å². The van der Waals surface area contributed by atoms with E-state index in [-0.39, 0.29) is 37.7 Å². The summed E-state index contributed by atoms with van der Waals surface area (Å²) in [6, 6.07) is 14.2. The molecule has 0 fully saturated rings. The van der Waals surface area contributed by atoms with E-state index in [2.05, 4.69) is 58.3 Å². The molecule has 7 heteroatoms. The summed E-state index contributed by atoms with van der Waals surface area (Å²) in [5.41, 5.74) is 4.83. The molecule has 36 heavy (non-hydrogen) atoms. The van der Waals surface area contributed by atoms with Crippen LogP contribution >= 0.6 is 0 Å². The van der Waals surface area contributed by atoms with Crippen molar-refractivity contribution in [3.8, 4) is 11.5 Å². The predicted octanol–water partition coefficient (Wildman–Crippen LogP) is 6.10. The first kappa shape index (κ1) is 28.7. The molecule has 3 rings (SSSR count). The maximum absolute atomic E-state index is 10.7. The van der Waals surface area contributed by atoms with Crippen LogP contribution in [0.3, 0.4) is 0 Å². The molecule has 0 aromatic heterocycles. The number of aliphatic hydroxyl groups is 1. The molecule has 5 nitrogen and oxygen atoms in total. The summed E-state index contributed by atoms with van der Waals surface area (Å²) >= 11 is -0.0337. The van der Waals surface area contributed by atoms with Gasteiger partial charge in [0, 0.05) is 0 Å². The molecule has 0 bridgehead atoms. The Bertz CT molecular complexity index is 1060. The van der Waals surface area contributed by atoms with Crippen molar-refractivity contribution >= 4 is 27.7 Å². The number of hydrogen-bond acceptors (Lipinski definition) is 5. The summed E-state index contributed by atoms with van der Waals surface area (Å²) in [4.78, 5) is 0.0652. The van der Waals surface area contributed by atoms with Crippen molar-refractivity contribution in [3.63, 3.8) is 0 Å². The Morgan fingerprint density at radius 2 is 1.89 bits per heavy atom. The Labute approximate surface area is 223 Å². The second-order valence-corrected chi connectivity index (χ2v) is 18.0. The first-order valence-electron chi connectivity index (χ1n) is 12.5. The molecule has 0 radical (unpaired) electrons. The summed E-state index contributed by atoms with van der Waals surface area (Å²) in [6.07, 6.45) is 1.75. The fraction of sp³-hybridized carbons (Fsp3) is 0.483. The van der Waals surface area contributed by atoms with Gasteiger partial charge in [-0.1, -0.05) is 0 Å². The van der Waals surface area contributed by atoms with E-state index in [4.69, 9.17) is 18.6 Å². The van der Waals surface area contributed by atoms with E-state index in [1.165, 1.54) is 4.46 Å². The summed E-state index contributed by atoms with van der Waals surface area (Å²) in [5.74, 6) is 1.48. The fourth-order valence-electron chi connectivity index (χ4n) is 3.66. The van der Waals surface area contributed by atoms with Crippen LogP contribution in [-0.4, -0.2) is 48.4 Å². The molecule has 2 aromatic carbocycles. The van der Waals surface area contributed by atoms with E-state index in [0.717, 1.165) is 22.6 Å². The van der Waals surface area contributed by atoms with Crippen LogP contribution in [-0.2, 0) is 9.16 Å². The van der Waals surface area contributed by atoms with E-state index in [1.807, 2.05) is 37.3 Å². The zero-order chi connectivity index (χ0) is 26.3. The molecule has 0 amide bonds. The third-order valence-corrected chi connectivity index (χ3v) is 14.2. The molecule has 1 aliphatic rings. The SMILES string of the molecule is C=C=CCO[C@H](c1ccc2c(c1)OCO2)[C@H](CO[Si](C)(C)C(C)(C)C)[Se]c1ccccc1[C@H](O)CC. The van der Waals surface area contributed by atoms with E-state index in [0.29, 0.717) is 19.6 Å². The van der Waals surface area contributed by atoms with Crippen molar-refractivity contribution < 1.29 is 23.7 Å². The van der Waals surface area contributed by atoms with Crippen LogP contribution in [0.15, 0.2) is 60.9 Å². The van der Waals surface area contributed by atoms with Crippen LogP contribution in [0.5, 0.6) is 11.5 Å². The number of fused-ring (bicyclic) bond motifs is 1. The van der Waals surface area contributed by atoms with Gasteiger partial charge in [-0.2, -0.15) is 0 Å². The average molecular weight is 576 g/mol. The summed E-state index contributed by atoms with van der Waals surface area (Å²) < 4.78 is 25.6. The standard InChI is InChI=1S/C29H40O5SeSi/c1-8-10-17-31-28(21-15-16-24-25(18-21)33-20-32-24)27(19-34-36(6,7)29(3,4)5)35-26-14-12-11-13-22(26)23(30)9-2/h10-16,18,23,27-28,30H,1,9,17,19-20H2,2-7H3/t23-,27+,28-/m1/s1. The van der Waals surface area contributed by atoms with Gasteiger partial charge in [0.15, 0.2) is 0 Å². The Kier molecular flexibility index (Phi) is 10.1. The Morgan fingerprint density at radius 3 is 2.58 bits per heavy atom. The van der Waals surface area contributed by atoms with Crippen molar-refractivity contribution in [2.45, 2.75) is 69.3 Å². The fourth-order valence-corrected chi connectivity index (χ4v) is 7.72. The molecule has 2 aromatic rings. The second-order valence-electron chi connectivity index (χ2n) is 10.5. The van der Waals surface area contributed by atoms with Gasteiger partial charge < -0.3 is 0 Å². The number of hydrogen-bond donors (Lipinski definition) is 1. The van der Waals surface area contributed by atoms with Gasteiger partial charge in [-0.25, -0.2) is 0 Å². The molecule has 0 unspecified atom stereocenters. The number of ether oxygens (including phenoxy) is 3. The van der Waals surface area contributed by atoms with Crippen LogP contribution in [0.1, 0.15) is 57.5 Å². The van der Waals surface area contributed by atoms with Gasteiger partial charge in [0.25, 0.3) is 0 Å². The van der Waals surface area contributed by atoms with Gasteiger partial charge in [-0.05, 0) is 0 Å². The van der Waals surface area contributed by atoms with Gasteiger partial charge in [-0.3, -0.25) is 0 Å². The van der Waals surface area contributed by atoms with Gasteiger partial charge in [0.2, 0.25) is 0 Å². The average Bonchev–Trinajstić information content (AvgIpc) is 3.32. The molecule has 3 atom stereocenters. The second kappa shape index (κ2) is 12.6. The molecule has 0 spiro atoms. The van der Waals surface area contributed by atoms with Crippen molar-refractivity contribution in [1.29, 1.82) is 0 Å². The van der Waals surface area contributed by atoms with Crippen molar-refractivity contribution in [1.82, 2.24) is 0 Å². The number of aliphatic hydroxyl groups excluding tert-OH is 1. The van der Waals surface area contributed by atoms with Gasteiger partial charge in [-0.15, -0.1) is 0 Å². The molecule has 1 aliphatic heterocycles. The van der Waals surface area contributed by atoms with Gasteiger partial charge >= 0.3 is 224 Å².